The minimum atomic E-state index is -0.994. The standard InChI is InChI=1S/C21H14F2N2OS/c1-25(13-8-9-16(22)17(23)11-13)21(26)15-12-19(20-7-4-10-27-20)24-18-6-3-2-5-14(15)18/h2-12H,1H3. The Kier molecular flexibility index (Phi) is 4.41. The highest BCUT2D eigenvalue weighted by molar-refractivity contribution is 7.13. The number of halogens is 2. The van der Waals surface area contributed by atoms with Crippen LogP contribution in [0.15, 0.2) is 66.0 Å². The number of carbonyl (C=O) groups excluding carboxylic acids is 1. The van der Waals surface area contributed by atoms with E-state index in [0.29, 0.717) is 22.2 Å². The summed E-state index contributed by atoms with van der Waals surface area (Å²) in [7, 11) is 1.54. The van der Waals surface area contributed by atoms with Gasteiger partial charge in [0, 0.05) is 24.2 Å². The summed E-state index contributed by atoms with van der Waals surface area (Å²) < 4.78 is 26.8. The van der Waals surface area contributed by atoms with E-state index in [2.05, 4.69) is 4.98 Å². The van der Waals surface area contributed by atoms with Gasteiger partial charge >= 0.3 is 0 Å². The second-order valence-electron chi connectivity index (χ2n) is 6.01. The van der Waals surface area contributed by atoms with E-state index in [4.69, 9.17) is 0 Å². The number of nitrogens with zero attached hydrogens (tertiary/aromatic N) is 2. The third-order valence-electron chi connectivity index (χ3n) is 4.32. The highest BCUT2D eigenvalue weighted by Gasteiger charge is 2.19. The summed E-state index contributed by atoms with van der Waals surface area (Å²) in [5.74, 6) is -2.27. The second kappa shape index (κ2) is 6.89. The van der Waals surface area contributed by atoms with Crippen molar-refractivity contribution in [2.24, 2.45) is 0 Å². The maximum absolute atomic E-state index is 13.6. The zero-order valence-corrected chi connectivity index (χ0v) is 15.1. The minimum absolute atomic E-state index is 0.275. The number of pyridine rings is 1. The fourth-order valence-electron chi connectivity index (χ4n) is 2.89. The molecule has 27 heavy (non-hydrogen) atoms. The van der Waals surface area contributed by atoms with E-state index in [1.165, 1.54) is 29.4 Å². The van der Waals surface area contributed by atoms with E-state index in [1.807, 2.05) is 41.8 Å². The summed E-state index contributed by atoms with van der Waals surface area (Å²) in [6, 6.07) is 16.4. The van der Waals surface area contributed by atoms with Crippen molar-refractivity contribution in [1.82, 2.24) is 4.98 Å². The summed E-state index contributed by atoms with van der Waals surface area (Å²) in [5.41, 5.74) is 2.13. The number of aromatic nitrogens is 1. The molecule has 0 saturated carbocycles. The highest BCUT2D eigenvalue weighted by Crippen LogP contribution is 2.29. The van der Waals surface area contributed by atoms with E-state index in [1.54, 1.807) is 6.07 Å². The summed E-state index contributed by atoms with van der Waals surface area (Å²) >= 11 is 1.53. The molecule has 3 nitrogen and oxygen atoms in total. The Bertz CT molecular complexity index is 1140. The van der Waals surface area contributed by atoms with Crippen LogP contribution in [0.2, 0.25) is 0 Å². The summed E-state index contributed by atoms with van der Waals surface area (Å²) in [6.45, 7) is 0. The molecule has 0 unspecified atom stereocenters. The molecule has 2 aromatic carbocycles. The van der Waals surface area contributed by atoms with Gasteiger partial charge in [-0.3, -0.25) is 4.79 Å². The van der Waals surface area contributed by atoms with Gasteiger partial charge in [-0.25, -0.2) is 13.8 Å². The molecule has 2 aromatic heterocycles. The van der Waals surface area contributed by atoms with Crippen molar-refractivity contribution >= 4 is 33.8 Å². The Morgan fingerprint density at radius 1 is 1.00 bits per heavy atom. The first-order chi connectivity index (χ1) is 13.0. The molecule has 0 spiro atoms. The number of hydrogen-bond donors (Lipinski definition) is 0. The van der Waals surface area contributed by atoms with Crippen LogP contribution in [0.25, 0.3) is 21.5 Å². The maximum Gasteiger partial charge on any atom is 0.258 e. The van der Waals surface area contributed by atoms with Crippen molar-refractivity contribution in [3.63, 3.8) is 0 Å². The normalized spacial score (nSPS) is 10.9. The van der Waals surface area contributed by atoms with Gasteiger partial charge in [0.2, 0.25) is 0 Å². The molecule has 1 amide bonds. The van der Waals surface area contributed by atoms with Crippen molar-refractivity contribution in [1.29, 1.82) is 0 Å². The zero-order valence-electron chi connectivity index (χ0n) is 14.3. The molecule has 0 radical (unpaired) electrons. The van der Waals surface area contributed by atoms with Gasteiger partial charge in [0.15, 0.2) is 11.6 Å². The number of thiophene rings is 1. The molecule has 4 rings (SSSR count). The van der Waals surface area contributed by atoms with Crippen molar-refractivity contribution in [3.05, 3.63) is 83.2 Å². The molecule has 0 saturated heterocycles. The molecule has 6 heteroatoms. The number of benzene rings is 2. The first kappa shape index (κ1) is 17.3. The summed E-state index contributed by atoms with van der Waals surface area (Å²) in [5, 5.41) is 2.65. The number of fused-ring (bicyclic) bond motifs is 1. The van der Waals surface area contributed by atoms with Crippen molar-refractivity contribution in [2.45, 2.75) is 0 Å². The lowest BCUT2D eigenvalue weighted by molar-refractivity contribution is 0.0994. The average Bonchev–Trinajstić information content (AvgIpc) is 3.23. The van der Waals surface area contributed by atoms with Gasteiger partial charge in [0.05, 0.1) is 21.7 Å². The lowest BCUT2D eigenvalue weighted by Gasteiger charge is -2.19. The van der Waals surface area contributed by atoms with Crippen LogP contribution in [0.5, 0.6) is 0 Å². The van der Waals surface area contributed by atoms with Gasteiger partial charge in [0.1, 0.15) is 0 Å². The van der Waals surface area contributed by atoms with Crippen molar-refractivity contribution in [2.75, 3.05) is 11.9 Å². The quantitative estimate of drug-likeness (QED) is 0.469. The van der Waals surface area contributed by atoms with Gasteiger partial charge in [0.25, 0.3) is 5.91 Å². The Morgan fingerprint density at radius 2 is 1.81 bits per heavy atom. The van der Waals surface area contributed by atoms with Gasteiger partial charge in [-0.05, 0) is 35.7 Å². The Hall–Kier alpha value is -3.12. The first-order valence-electron chi connectivity index (χ1n) is 8.21. The summed E-state index contributed by atoms with van der Waals surface area (Å²) in [6.07, 6.45) is 0. The molecule has 4 aromatic rings. The summed E-state index contributed by atoms with van der Waals surface area (Å²) in [4.78, 5) is 20.1. The molecule has 0 aliphatic heterocycles. The molecule has 0 bridgehead atoms. The van der Waals surface area contributed by atoms with Gasteiger partial charge in [-0.2, -0.15) is 0 Å². The molecule has 0 atom stereocenters. The number of anilines is 1. The molecule has 2 heterocycles. The zero-order chi connectivity index (χ0) is 19.0. The minimum Gasteiger partial charge on any atom is -0.311 e. The molecule has 0 N–H and O–H groups in total. The third-order valence-corrected chi connectivity index (χ3v) is 5.21. The molecule has 0 fully saturated rings. The number of para-hydroxylation sites is 1. The van der Waals surface area contributed by atoms with E-state index in [-0.39, 0.29) is 11.6 Å². The Labute approximate surface area is 158 Å². The van der Waals surface area contributed by atoms with E-state index in [9.17, 15) is 13.6 Å². The van der Waals surface area contributed by atoms with Crippen LogP contribution >= 0.6 is 11.3 Å². The van der Waals surface area contributed by atoms with Crippen LogP contribution in [-0.2, 0) is 0 Å². The van der Waals surface area contributed by atoms with Crippen LogP contribution in [0.4, 0.5) is 14.5 Å². The predicted octanol–water partition coefficient (Wildman–Crippen LogP) is 5.52. The number of carbonyl (C=O) groups is 1. The lowest BCUT2D eigenvalue weighted by Crippen LogP contribution is -2.26. The fraction of sp³-hybridized carbons (Fsp3) is 0.0476. The van der Waals surface area contributed by atoms with Gasteiger partial charge < -0.3 is 4.90 Å². The van der Waals surface area contributed by atoms with Crippen molar-refractivity contribution < 1.29 is 13.6 Å². The van der Waals surface area contributed by atoms with Crippen molar-refractivity contribution in [3.8, 4) is 10.6 Å². The van der Waals surface area contributed by atoms with Crippen LogP contribution < -0.4 is 4.90 Å². The fourth-order valence-corrected chi connectivity index (χ4v) is 3.58. The molecular weight excluding hydrogens is 366 g/mol. The predicted molar refractivity (Wildman–Crippen MR) is 104 cm³/mol. The monoisotopic (exact) mass is 380 g/mol. The van der Waals surface area contributed by atoms with Gasteiger partial charge in [-0.15, -0.1) is 11.3 Å². The largest absolute Gasteiger partial charge is 0.311 e. The lowest BCUT2D eigenvalue weighted by atomic mass is 10.1. The van der Waals surface area contributed by atoms with E-state index >= 15 is 0 Å². The Balaban J connectivity index is 1.84. The molecule has 0 aliphatic carbocycles. The van der Waals surface area contributed by atoms with Crippen LogP contribution in [-0.4, -0.2) is 17.9 Å². The van der Waals surface area contributed by atoms with E-state index < -0.39 is 11.6 Å². The topological polar surface area (TPSA) is 33.2 Å². The van der Waals surface area contributed by atoms with Gasteiger partial charge in [-0.1, -0.05) is 24.3 Å². The maximum atomic E-state index is 13.6. The molecule has 134 valence electrons. The third kappa shape index (κ3) is 3.19. The first-order valence-corrected chi connectivity index (χ1v) is 9.09. The van der Waals surface area contributed by atoms with Crippen LogP contribution in [0, 0.1) is 11.6 Å². The highest BCUT2D eigenvalue weighted by atomic mass is 32.1. The number of hydrogen-bond acceptors (Lipinski definition) is 3. The van der Waals surface area contributed by atoms with E-state index in [0.717, 1.165) is 17.0 Å². The average molecular weight is 380 g/mol. The number of rotatable bonds is 3. The second-order valence-corrected chi connectivity index (χ2v) is 6.96. The SMILES string of the molecule is CN(C(=O)c1cc(-c2cccs2)nc2ccccc12)c1ccc(F)c(F)c1. The smallest absolute Gasteiger partial charge is 0.258 e. The number of amides is 1. The molecule has 0 aliphatic rings. The molecular formula is C21H14F2N2OS. The van der Waals surface area contributed by atoms with Crippen LogP contribution in [0.3, 0.4) is 0 Å². The Morgan fingerprint density at radius 3 is 2.56 bits per heavy atom. The van der Waals surface area contributed by atoms with Crippen LogP contribution in [0.1, 0.15) is 10.4 Å².